The largest absolute Gasteiger partial charge is 0.493 e. The predicted molar refractivity (Wildman–Crippen MR) is 95.6 cm³/mol. The van der Waals surface area contributed by atoms with Crippen LogP contribution in [0.25, 0.3) is 0 Å². The number of rotatable bonds is 7. The quantitative estimate of drug-likeness (QED) is 0.841. The molecule has 0 aromatic heterocycles. The van der Waals surface area contributed by atoms with Crippen LogP contribution in [0.5, 0.6) is 11.5 Å². The van der Waals surface area contributed by atoms with Crippen molar-refractivity contribution < 1.29 is 14.3 Å². The molecule has 0 aliphatic heterocycles. The summed E-state index contributed by atoms with van der Waals surface area (Å²) in [7, 11) is 3.21. The van der Waals surface area contributed by atoms with Crippen LogP contribution in [0.3, 0.4) is 0 Å². The molecule has 0 radical (unpaired) electrons. The smallest absolute Gasteiger partial charge is 0.220 e. The molecule has 2 aromatic rings. The van der Waals surface area contributed by atoms with E-state index in [0.29, 0.717) is 17.9 Å². The van der Waals surface area contributed by atoms with Gasteiger partial charge in [0, 0.05) is 6.42 Å². The van der Waals surface area contributed by atoms with Crippen molar-refractivity contribution in [1.82, 2.24) is 5.32 Å². The molecule has 0 spiro atoms. The molecule has 2 aromatic carbocycles. The molecule has 0 heterocycles. The summed E-state index contributed by atoms with van der Waals surface area (Å²) in [6.45, 7) is 4.02. The van der Waals surface area contributed by atoms with Crippen LogP contribution in [0, 0.1) is 6.92 Å². The summed E-state index contributed by atoms with van der Waals surface area (Å²) < 4.78 is 10.5. The zero-order valence-electron chi connectivity index (χ0n) is 14.8. The summed E-state index contributed by atoms with van der Waals surface area (Å²) in [5, 5.41) is 3.03. The molecule has 128 valence electrons. The Labute approximate surface area is 143 Å². The highest BCUT2D eigenvalue weighted by molar-refractivity contribution is 5.76. The Morgan fingerprint density at radius 1 is 1.08 bits per heavy atom. The molecule has 1 amide bonds. The number of carbonyl (C=O) groups excluding carboxylic acids is 1. The highest BCUT2D eigenvalue weighted by Gasteiger charge is 2.12. The Bertz CT molecular complexity index is 697. The zero-order chi connectivity index (χ0) is 17.5. The van der Waals surface area contributed by atoms with Gasteiger partial charge in [-0.05, 0) is 43.5 Å². The molecule has 0 saturated carbocycles. The van der Waals surface area contributed by atoms with Gasteiger partial charge in [-0.25, -0.2) is 0 Å². The summed E-state index contributed by atoms with van der Waals surface area (Å²) >= 11 is 0. The minimum Gasteiger partial charge on any atom is -0.493 e. The topological polar surface area (TPSA) is 47.6 Å². The first kappa shape index (κ1) is 17.9. The number of hydrogen-bond acceptors (Lipinski definition) is 3. The Morgan fingerprint density at radius 2 is 1.83 bits per heavy atom. The lowest BCUT2D eigenvalue weighted by molar-refractivity contribution is -0.121. The van der Waals surface area contributed by atoms with Crippen LogP contribution in [-0.2, 0) is 11.2 Å². The van der Waals surface area contributed by atoms with E-state index in [1.54, 1.807) is 14.2 Å². The lowest BCUT2D eigenvalue weighted by atomic mass is 10.1. The average molecular weight is 327 g/mol. The number of amides is 1. The van der Waals surface area contributed by atoms with Gasteiger partial charge in [0.15, 0.2) is 11.5 Å². The first-order valence-corrected chi connectivity index (χ1v) is 8.10. The Kier molecular flexibility index (Phi) is 6.24. The number of nitrogens with one attached hydrogen (secondary N) is 1. The van der Waals surface area contributed by atoms with Crippen molar-refractivity contribution in [2.45, 2.75) is 32.7 Å². The minimum absolute atomic E-state index is 0.0405. The van der Waals surface area contributed by atoms with E-state index in [1.165, 1.54) is 11.1 Å². The maximum Gasteiger partial charge on any atom is 0.220 e. The molecule has 0 saturated heterocycles. The summed E-state index contributed by atoms with van der Waals surface area (Å²) in [6.07, 6.45) is 1.22. The Hall–Kier alpha value is -2.49. The van der Waals surface area contributed by atoms with E-state index in [9.17, 15) is 4.79 Å². The SMILES string of the molecule is COc1ccc(C(C)NC(=O)CCc2cccc(C)c2)cc1OC. The minimum atomic E-state index is -0.0881. The molecular weight excluding hydrogens is 302 g/mol. The lowest BCUT2D eigenvalue weighted by Gasteiger charge is -2.16. The van der Waals surface area contributed by atoms with Gasteiger partial charge in [-0.15, -0.1) is 0 Å². The van der Waals surface area contributed by atoms with E-state index in [2.05, 4.69) is 30.4 Å². The van der Waals surface area contributed by atoms with Crippen molar-refractivity contribution in [3.05, 3.63) is 59.2 Å². The third kappa shape index (κ3) is 4.75. The van der Waals surface area contributed by atoms with Gasteiger partial charge in [0.25, 0.3) is 0 Å². The number of methoxy groups -OCH3 is 2. The fraction of sp³-hybridized carbons (Fsp3) is 0.350. The average Bonchev–Trinajstić information content (AvgIpc) is 2.59. The molecule has 4 nitrogen and oxygen atoms in total. The number of hydrogen-bond donors (Lipinski definition) is 1. The van der Waals surface area contributed by atoms with Gasteiger partial charge in [-0.1, -0.05) is 35.9 Å². The van der Waals surface area contributed by atoms with E-state index in [4.69, 9.17) is 9.47 Å². The van der Waals surface area contributed by atoms with Crippen LogP contribution >= 0.6 is 0 Å². The second kappa shape index (κ2) is 8.39. The van der Waals surface area contributed by atoms with Gasteiger partial charge in [-0.2, -0.15) is 0 Å². The van der Waals surface area contributed by atoms with Crippen LogP contribution in [-0.4, -0.2) is 20.1 Å². The summed E-state index contributed by atoms with van der Waals surface area (Å²) in [6, 6.07) is 13.8. The summed E-state index contributed by atoms with van der Waals surface area (Å²) in [5.74, 6) is 1.38. The fourth-order valence-corrected chi connectivity index (χ4v) is 2.64. The van der Waals surface area contributed by atoms with Crippen molar-refractivity contribution in [2.75, 3.05) is 14.2 Å². The highest BCUT2D eigenvalue weighted by Crippen LogP contribution is 2.29. The van der Waals surface area contributed by atoms with E-state index in [0.717, 1.165) is 12.0 Å². The Balaban J connectivity index is 1.93. The highest BCUT2D eigenvalue weighted by atomic mass is 16.5. The lowest BCUT2D eigenvalue weighted by Crippen LogP contribution is -2.26. The van der Waals surface area contributed by atoms with Gasteiger partial charge < -0.3 is 14.8 Å². The van der Waals surface area contributed by atoms with Crippen molar-refractivity contribution in [3.63, 3.8) is 0 Å². The van der Waals surface area contributed by atoms with E-state index < -0.39 is 0 Å². The molecule has 2 rings (SSSR count). The van der Waals surface area contributed by atoms with Gasteiger partial charge in [-0.3, -0.25) is 4.79 Å². The van der Waals surface area contributed by atoms with E-state index in [-0.39, 0.29) is 11.9 Å². The number of carbonyl (C=O) groups is 1. The molecule has 1 N–H and O–H groups in total. The maximum absolute atomic E-state index is 12.2. The van der Waals surface area contributed by atoms with Crippen LogP contribution in [0.15, 0.2) is 42.5 Å². The summed E-state index contributed by atoms with van der Waals surface area (Å²) in [5.41, 5.74) is 3.38. The number of aryl methyl sites for hydroxylation is 2. The molecule has 4 heteroatoms. The van der Waals surface area contributed by atoms with Crippen molar-refractivity contribution >= 4 is 5.91 Å². The van der Waals surface area contributed by atoms with Gasteiger partial charge in [0.2, 0.25) is 5.91 Å². The normalized spacial score (nSPS) is 11.7. The molecular formula is C20H25NO3. The van der Waals surface area contributed by atoms with Crippen LogP contribution in [0.1, 0.15) is 36.1 Å². The van der Waals surface area contributed by atoms with E-state index in [1.807, 2.05) is 31.2 Å². The predicted octanol–water partition coefficient (Wildman–Crippen LogP) is 3.82. The van der Waals surface area contributed by atoms with Crippen LogP contribution in [0.4, 0.5) is 0 Å². The second-order valence-corrected chi connectivity index (χ2v) is 5.89. The second-order valence-electron chi connectivity index (χ2n) is 5.89. The van der Waals surface area contributed by atoms with Crippen LogP contribution in [0.2, 0.25) is 0 Å². The molecule has 24 heavy (non-hydrogen) atoms. The van der Waals surface area contributed by atoms with Crippen molar-refractivity contribution in [1.29, 1.82) is 0 Å². The maximum atomic E-state index is 12.2. The third-order valence-corrected chi connectivity index (χ3v) is 4.01. The van der Waals surface area contributed by atoms with Gasteiger partial charge >= 0.3 is 0 Å². The first-order valence-electron chi connectivity index (χ1n) is 8.10. The van der Waals surface area contributed by atoms with Gasteiger partial charge in [0.05, 0.1) is 20.3 Å². The molecule has 1 atom stereocenters. The first-order chi connectivity index (χ1) is 11.5. The molecule has 0 aliphatic rings. The Morgan fingerprint density at radius 3 is 2.50 bits per heavy atom. The zero-order valence-corrected chi connectivity index (χ0v) is 14.8. The van der Waals surface area contributed by atoms with Crippen molar-refractivity contribution in [2.24, 2.45) is 0 Å². The monoisotopic (exact) mass is 327 g/mol. The third-order valence-electron chi connectivity index (χ3n) is 4.01. The van der Waals surface area contributed by atoms with Gasteiger partial charge in [0.1, 0.15) is 0 Å². The molecule has 0 aliphatic carbocycles. The number of benzene rings is 2. The molecule has 0 fully saturated rings. The molecule has 0 bridgehead atoms. The summed E-state index contributed by atoms with van der Waals surface area (Å²) in [4.78, 5) is 12.2. The van der Waals surface area contributed by atoms with E-state index >= 15 is 0 Å². The molecule has 1 unspecified atom stereocenters. The number of ether oxygens (including phenoxy) is 2. The van der Waals surface area contributed by atoms with Crippen LogP contribution < -0.4 is 14.8 Å². The standard InChI is InChI=1S/C20H25NO3/c1-14-6-5-7-16(12-14)8-11-20(22)21-15(2)17-9-10-18(23-3)19(13-17)24-4/h5-7,9-10,12-13,15H,8,11H2,1-4H3,(H,21,22). The fourth-order valence-electron chi connectivity index (χ4n) is 2.64. The van der Waals surface area contributed by atoms with Crippen molar-refractivity contribution in [3.8, 4) is 11.5 Å².